The first kappa shape index (κ1) is 25.0. The molecule has 1 fully saturated rings. The van der Waals surface area contributed by atoms with Crippen molar-refractivity contribution in [1.29, 1.82) is 0 Å². The van der Waals surface area contributed by atoms with E-state index in [2.05, 4.69) is 9.97 Å². The Morgan fingerprint density at radius 2 is 1.97 bits per heavy atom. The highest BCUT2D eigenvalue weighted by Gasteiger charge is 2.24. The number of ether oxygens (including phenoxy) is 1. The summed E-state index contributed by atoms with van der Waals surface area (Å²) in [6, 6.07) is 12.3. The third-order valence-electron chi connectivity index (χ3n) is 6.33. The van der Waals surface area contributed by atoms with Crippen molar-refractivity contribution in [3.05, 3.63) is 71.8 Å². The number of aromatic nitrogens is 2. The number of pyridine rings is 2. The molecule has 0 bridgehead atoms. The number of fused-ring (bicyclic) bond motifs is 1. The number of benzene rings is 1. The lowest BCUT2D eigenvalue weighted by atomic mass is 10.0. The van der Waals surface area contributed by atoms with Gasteiger partial charge in [-0.3, -0.25) is 19.6 Å². The molecule has 0 unspecified atom stereocenters. The van der Waals surface area contributed by atoms with E-state index in [1.165, 1.54) is 17.4 Å². The number of thiophene rings is 1. The highest BCUT2D eigenvalue weighted by Crippen LogP contribution is 2.39. The Kier molecular flexibility index (Phi) is 7.55. The topological polar surface area (TPSA) is 72.4 Å². The third-order valence-corrected chi connectivity index (χ3v) is 7.49. The van der Waals surface area contributed by atoms with Crippen molar-refractivity contribution in [1.82, 2.24) is 14.9 Å². The fraction of sp³-hybridized carbons (Fsp3) is 0.310. The van der Waals surface area contributed by atoms with E-state index >= 15 is 0 Å². The number of halogens is 1. The zero-order valence-corrected chi connectivity index (χ0v) is 21.5. The van der Waals surface area contributed by atoms with Crippen LogP contribution in [0.25, 0.3) is 20.8 Å². The summed E-state index contributed by atoms with van der Waals surface area (Å²) in [5, 5.41) is 0. The zero-order chi connectivity index (χ0) is 25.8. The smallest absolute Gasteiger partial charge is 0.210 e. The minimum Gasteiger partial charge on any atom is -0.453 e. The molecule has 1 aliphatic carbocycles. The molecular weight excluding hydrogens is 489 g/mol. The molecule has 0 atom stereocenters. The van der Waals surface area contributed by atoms with Gasteiger partial charge >= 0.3 is 0 Å². The van der Waals surface area contributed by atoms with Crippen LogP contribution in [0.4, 0.5) is 4.39 Å². The van der Waals surface area contributed by atoms with Crippen LogP contribution in [-0.2, 0) is 22.6 Å². The SMILES string of the molecule is CCCN(C=O)Cc1ccc(-c2cc3nccc(Oc4ccc(CC(=O)CC5CC5)cc4F)c3s2)nc1. The number of hydrogen-bond acceptors (Lipinski definition) is 6. The molecule has 37 heavy (non-hydrogen) atoms. The molecule has 1 saturated carbocycles. The minimum absolute atomic E-state index is 0.107. The summed E-state index contributed by atoms with van der Waals surface area (Å²) in [6.45, 7) is 3.27. The first-order valence-corrected chi connectivity index (χ1v) is 13.3. The monoisotopic (exact) mass is 517 g/mol. The molecule has 0 aliphatic heterocycles. The van der Waals surface area contributed by atoms with Crippen LogP contribution in [0.5, 0.6) is 11.5 Å². The van der Waals surface area contributed by atoms with Crippen LogP contribution < -0.4 is 4.74 Å². The Morgan fingerprint density at radius 1 is 1.14 bits per heavy atom. The summed E-state index contributed by atoms with van der Waals surface area (Å²) in [7, 11) is 0. The summed E-state index contributed by atoms with van der Waals surface area (Å²) in [6.07, 6.45) is 8.26. The van der Waals surface area contributed by atoms with Gasteiger partial charge in [-0.2, -0.15) is 0 Å². The van der Waals surface area contributed by atoms with Gasteiger partial charge in [-0.1, -0.05) is 19.1 Å². The van der Waals surface area contributed by atoms with Gasteiger partial charge in [0.25, 0.3) is 0 Å². The van der Waals surface area contributed by atoms with Gasteiger partial charge in [0.15, 0.2) is 11.6 Å². The van der Waals surface area contributed by atoms with E-state index in [4.69, 9.17) is 4.74 Å². The molecule has 5 rings (SSSR count). The number of carbonyl (C=O) groups excluding carboxylic acids is 2. The molecule has 1 amide bonds. The number of ketones is 1. The predicted octanol–water partition coefficient (Wildman–Crippen LogP) is 6.57. The third kappa shape index (κ3) is 6.20. The molecule has 8 heteroatoms. The van der Waals surface area contributed by atoms with E-state index in [0.29, 0.717) is 36.7 Å². The fourth-order valence-electron chi connectivity index (χ4n) is 4.28. The van der Waals surface area contributed by atoms with E-state index in [1.54, 1.807) is 35.5 Å². The second kappa shape index (κ2) is 11.2. The molecule has 3 aromatic heterocycles. The van der Waals surface area contributed by atoms with E-state index in [1.807, 2.05) is 25.1 Å². The van der Waals surface area contributed by atoms with Gasteiger partial charge in [0, 0.05) is 44.4 Å². The van der Waals surface area contributed by atoms with E-state index in [0.717, 1.165) is 52.0 Å². The number of nitrogens with zero attached hydrogens (tertiary/aromatic N) is 3. The van der Waals surface area contributed by atoms with Crippen LogP contribution in [0.1, 0.15) is 43.7 Å². The van der Waals surface area contributed by atoms with Crippen molar-refractivity contribution in [2.24, 2.45) is 5.92 Å². The van der Waals surface area contributed by atoms with Crippen molar-refractivity contribution in [2.75, 3.05) is 6.54 Å². The number of amides is 1. The van der Waals surface area contributed by atoms with Gasteiger partial charge in [0.2, 0.25) is 6.41 Å². The largest absolute Gasteiger partial charge is 0.453 e. The Labute approximate surface area is 219 Å². The lowest BCUT2D eigenvalue weighted by Crippen LogP contribution is -2.22. The Morgan fingerprint density at radius 3 is 2.68 bits per heavy atom. The van der Waals surface area contributed by atoms with Gasteiger partial charge < -0.3 is 9.64 Å². The molecule has 0 spiro atoms. The van der Waals surface area contributed by atoms with Gasteiger partial charge in [-0.25, -0.2) is 4.39 Å². The molecule has 4 aromatic rings. The maximum Gasteiger partial charge on any atom is 0.210 e. The first-order valence-electron chi connectivity index (χ1n) is 12.5. The minimum atomic E-state index is -0.497. The first-order chi connectivity index (χ1) is 18.0. The quantitative estimate of drug-likeness (QED) is 0.199. The predicted molar refractivity (Wildman–Crippen MR) is 142 cm³/mol. The lowest BCUT2D eigenvalue weighted by Gasteiger charge is -2.15. The second-order valence-electron chi connectivity index (χ2n) is 9.49. The normalized spacial score (nSPS) is 13.0. The molecule has 0 N–H and O–H groups in total. The summed E-state index contributed by atoms with van der Waals surface area (Å²) >= 11 is 1.47. The highest BCUT2D eigenvalue weighted by molar-refractivity contribution is 7.22. The second-order valence-corrected chi connectivity index (χ2v) is 10.5. The van der Waals surface area contributed by atoms with Crippen molar-refractivity contribution < 1.29 is 18.7 Å². The number of Topliss-reactive ketones (excluding diaryl/α,β-unsaturated/α-hetero) is 1. The van der Waals surface area contributed by atoms with Crippen molar-refractivity contribution >= 4 is 33.7 Å². The van der Waals surface area contributed by atoms with Gasteiger partial charge in [-0.15, -0.1) is 11.3 Å². The maximum absolute atomic E-state index is 14.8. The van der Waals surface area contributed by atoms with Crippen LogP contribution in [0.15, 0.2) is 54.9 Å². The number of rotatable bonds is 12. The number of hydrogen-bond donors (Lipinski definition) is 0. The summed E-state index contributed by atoms with van der Waals surface area (Å²) < 4.78 is 21.6. The van der Waals surface area contributed by atoms with Crippen LogP contribution in [0, 0.1) is 11.7 Å². The fourth-order valence-corrected chi connectivity index (χ4v) is 5.32. The maximum atomic E-state index is 14.8. The van der Waals surface area contributed by atoms with E-state index in [-0.39, 0.29) is 18.0 Å². The number of carbonyl (C=O) groups is 2. The van der Waals surface area contributed by atoms with E-state index < -0.39 is 5.82 Å². The van der Waals surface area contributed by atoms with Crippen molar-refractivity contribution in [3.8, 4) is 22.1 Å². The van der Waals surface area contributed by atoms with E-state index in [9.17, 15) is 14.0 Å². The molecule has 0 saturated heterocycles. The average molecular weight is 518 g/mol. The molecule has 1 aromatic carbocycles. The van der Waals surface area contributed by atoms with Gasteiger partial charge in [0.1, 0.15) is 11.5 Å². The molecule has 0 radical (unpaired) electrons. The Bertz CT molecular complexity index is 1420. The molecule has 1 aliphatic rings. The van der Waals surface area contributed by atoms with Crippen molar-refractivity contribution in [3.63, 3.8) is 0 Å². The summed E-state index contributed by atoms with van der Waals surface area (Å²) in [5.74, 6) is 0.798. The molecule has 190 valence electrons. The molecule has 3 heterocycles. The lowest BCUT2D eigenvalue weighted by molar-refractivity contribution is -0.119. The zero-order valence-electron chi connectivity index (χ0n) is 20.7. The van der Waals surface area contributed by atoms with Gasteiger partial charge in [0.05, 0.1) is 20.8 Å². The summed E-state index contributed by atoms with van der Waals surface area (Å²) in [5.41, 5.74) is 3.15. The Balaban J connectivity index is 1.31. The van der Waals surface area contributed by atoms with Crippen LogP contribution in [-0.4, -0.2) is 33.6 Å². The van der Waals surface area contributed by atoms with Crippen LogP contribution in [0.3, 0.4) is 0 Å². The molecular formula is C29H28FN3O3S. The Hall–Kier alpha value is -3.65. The highest BCUT2D eigenvalue weighted by atomic mass is 32.1. The van der Waals surface area contributed by atoms with Crippen molar-refractivity contribution in [2.45, 2.75) is 45.6 Å². The van der Waals surface area contributed by atoms with Crippen LogP contribution >= 0.6 is 11.3 Å². The molecule has 6 nitrogen and oxygen atoms in total. The van der Waals surface area contributed by atoms with Gasteiger partial charge in [-0.05, 0) is 60.6 Å². The standard InChI is InChI=1S/C29H28FN3O3S/c1-2-11-33(18-34)17-21-5-7-24(32-16-21)28-15-25-29(37-28)27(9-10-31-25)36-26-8-6-20(14-23(26)30)13-22(35)12-19-3-4-19/h5-10,14-16,18-19H,2-4,11-13,17H2,1H3. The summed E-state index contributed by atoms with van der Waals surface area (Å²) in [4.78, 5) is 35.0. The van der Waals surface area contributed by atoms with Crippen LogP contribution in [0.2, 0.25) is 0 Å². The average Bonchev–Trinajstić information content (AvgIpc) is 3.59.